The number of aliphatic hydroxyl groups is 1. The first-order chi connectivity index (χ1) is 11.1. The minimum absolute atomic E-state index is 0.169. The number of urea groups is 1. The molecule has 0 aromatic heterocycles. The van der Waals surface area contributed by atoms with E-state index >= 15 is 0 Å². The van der Waals surface area contributed by atoms with E-state index in [1.807, 2.05) is 0 Å². The van der Waals surface area contributed by atoms with Gasteiger partial charge in [0.1, 0.15) is 17.7 Å². The van der Waals surface area contributed by atoms with Crippen LogP contribution in [0.15, 0.2) is 18.2 Å². The van der Waals surface area contributed by atoms with Crippen molar-refractivity contribution in [2.24, 2.45) is 0 Å². The number of nitrogens with one attached hydrogen (secondary N) is 2. The summed E-state index contributed by atoms with van der Waals surface area (Å²) in [5.74, 6) is -1.68. The van der Waals surface area contributed by atoms with E-state index in [9.17, 15) is 18.7 Å². The Labute approximate surface area is 134 Å². The normalized spacial score (nSPS) is 19.2. The quantitative estimate of drug-likeness (QED) is 0.750. The second-order valence-electron chi connectivity index (χ2n) is 5.57. The van der Waals surface area contributed by atoms with Crippen molar-refractivity contribution in [1.82, 2.24) is 10.6 Å². The van der Waals surface area contributed by atoms with Crippen molar-refractivity contribution in [2.75, 3.05) is 19.7 Å². The molecule has 0 bridgehead atoms. The Morgan fingerprint density at radius 3 is 2.70 bits per heavy atom. The van der Waals surface area contributed by atoms with Gasteiger partial charge in [-0.25, -0.2) is 13.6 Å². The van der Waals surface area contributed by atoms with E-state index in [1.54, 1.807) is 0 Å². The number of ether oxygens (including phenoxy) is 1. The molecule has 0 aliphatic carbocycles. The zero-order chi connectivity index (χ0) is 16.7. The molecule has 1 aliphatic rings. The van der Waals surface area contributed by atoms with Crippen LogP contribution in [0.3, 0.4) is 0 Å². The van der Waals surface area contributed by atoms with E-state index in [2.05, 4.69) is 10.6 Å². The van der Waals surface area contributed by atoms with Gasteiger partial charge in [-0.05, 0) is 37.8 Å². The van der Waals surface area contributed by atoms with Crippen LogP contribution in [0.2, 0.25) is 0 Å². The van der Waals surface area contributed by atoms with Gasteiger partial charge in [0.25, 0.3) is 0 Å². The monoisotopic (exact) mass is 328 g/mol. The summed E-state index contributed by atoms with van der Waals surface area (Å²) in [6, 6.07) is 2.85. The Bertz CT molecular complexity index is 502. The third kappa shape index (κ3) is 5.44. The van der Waals surface area contributed by atoms with E-state index in [-0.39, 0.29) is 12.6 Å². The third-order valence-corrected chi connectivity index (χ3v) is 3.81. The first-order valence-electron chi connectivity index (χ1n) is 7.83. The predicted octanol–water partition coefficient (Wildman–Crippen LogP) is 2.26. The largest absolute Gasteiger partial charge is 0.386 e. The molecule has 0 spiro atoms. The van der Waals surface area contributed by atoms with E-state index in [1.165, 1.54) is 6.07 Å². The predicted molar refractivity (Wildman–Crippen MR) is 80.9 cm³/mol. The van der Waals surface area contributed by atoms with Crippen molar-refractivity contribution < 1.29 is 23.4 Å². The lowest BCUT2D eigenvalue weighted by Crippen LogP contribution is -2.39. The number of halogens is 2. The maximum Gasteiger partial charge on any atom is 0.314 e. The lowest BCUT2D eigenvalue weighted by Gasteiger charge is -2.22. The second kappa shape index (κ2) is 8.79. The number of carbonyl (C=O) groups is 1. The lowest BCUT2D eigenvalue weighted by molar-refractivity contribution is 0.0120. The van der Waals surface area contributed by atoms with Gasteiger partial charge in [0.05, 0.1) is 11.7 Å². The standard InChI is InChI=1S/C16H22F2N2O3/c17-12-5-3-6-13(18)15(12)14(21)10-20-16(22)19-8-7-11-4-1-2-9-23-11/h3,5-6,11,14,21H,1-2,4,7-10H2,(H2,19,20,22). The Hall–Kier alpha value is -1.73. The van der Waals surface area contributed by atoms with Crippen LogP contribution in [-0.2, 0) is 4.74 Å². The molecule has 2 atom stereocenters. The summed E-state index contributed by atoms with van der Waals surface area (Å²) in [7, 11) is 0. The van der Waals surface area contributed by atoms with Crippen molar-refractivity contribution in [3.8, 4) is 0 Å². The minimum atomic E-state index is -1.44. The van der Waals surface area contributed by atoms with Crippen molar-refractivity contribution in [3.05, 3.63) is 35.4 Å². The van der Waals surface area contributed by atoms with Crippen LogP contribution in [-0.4, -0.2) is 36.9 Å². The van der Waals surface area contributed by atoms with Gasteiger partial charge in [0, 0.05) is 19.7 Å². The highest BCUT2D eigenvalue weighted by molar-refractivity contribution is 5.73. The van der Waals surface area contributed by atoms with Gasteiger partial charge in [0.2, 0.25) is 0 Å². The number of aliphatic hydroxyl groups excluding tert-OH is 1. The molecule has 23 heavy (non-hydrogen) atoms. The lowest BCUT2D eigenvalue weighted by atomic mass is 10.1. The zero-order valence-corrected chi connectivity index (χ0v) is 12.9. The van der Waals surface area contributed by atoms with Crippen molar-refractivity contribution in [2.45, 2.75) is 37.9 Å². The van der Waals surface area contributed by atoms with Crippen LogP contribution >= 0.6 is 0 Å². The molecule has 1 heterocycles. The Morgan fingerprint density at radius 1 is 1.30 bits per heavy atom. The molecule has 5 nitrogen and oxygen atoms in total. The molecule has 128 valence electrons. The Morgan fingerprint density at radius 2 is 2.04 bits per heavy atom. The van der Waals surface area contributed by atoms with Gasteiger partial charge in [-0.1, -0.05) is 6.07 Å². The third-order valence-electron chi connectivity index (χ3n) is 3.81. The molecule has 0 saturated carbocycles. The van der Waals surface area contributed by atoms with E-state index < -0.39 is 29.3 Å². The molecule has 0 radical (unpaired) electrons. The first kappa shape index (κ1) is 17.6. The fraction of sp³-hybridized carbons (Fsp3) is 0.562. The number of hydrogen-bond acceptors (Lipinski definition) is 3. The highest BCUT2D eigenvalue weighted by Gasteiger charge is 2.18. The van der Waals surface area contributed by atoms with Gasteiger partial charge in [-0.15, -0.1) is 0 Å². The SMILES string of the molecule is O=C(NCCC1CCCCO1)NCC(O)c1c(F)cccc1F. The molecular weight excluding hydrogens is 306 g/mol. The fourth-order valence-corrected chi connectivity index (χ4v) is 2.56. The second-order valence-corrected chi connectivity index (χ2v) is 5.57. The molecule has 1 aliphatic heterocycles. The summed E-state index contributed by atoms with van der Waals surface area (Å²) in [6.45, 7) is 0.932. The zero-order valence-electron chi connectivity index (χ0n) is 12.9. The summed E-state index contributed by atoms with van der Waals surface area (Å²) >= 11 is 0. The van der Waals surface area contributed by atoms with Gasteiger partial charge in [-0.2, -0.15) is 0 Å². The molecule has 2 rings (SSSR count). The van der Waals surface area contributed by atoms with Crippen molar-refractivity contribution in [3.63, 3.8) is 0 Å². The van der Waals surface area contributed by atoms with Crippen molar-refractivity contribution in [1.29, 1.82) is 0 Å². The summed E-state index contributed by atoms with van der Waals surface area (Å²) in [5.41, 5.74) is -0.441. The topological polar surface area (TPSA) is 70.6 Å². The average molecular weight is 328 g/mol. The summed E-state index contributed by atoms with van der Waals surface area (Å²) < 4.78 is 32.5. The van der Waals surface area contributed by atoms with Gasteiger partial charge in [-0.3, -0.25) is 0 Å². The molecular formula is C16H22F2N2O3. The highest BCUT2D eigenvalue weighted by Crippen LogP contribution is 2.19. The first-order valence-corrected chi connectivity index (χ1v) is 7.83. The van der Waals surface area contributed by atoms with E-state index in [0.29, 0.717) is 6.54 Å². The van der Waals surface area contributed by atoms with Crippen molar-refractivity contribution >= 4 is 6.03 Å². The number of hydrogen-bond donors (Lipinski definition) is 3. The van der Waals surface area contributed by atoms with Crippen LogP contribution in [0, 0.1) is 11.6 Å². The van der Waals surface area contributed by atoms with Gasteiger partial charge < -0.3 is 20.5 Å². The molecule has 1 fully saturated rings. The average Bonchev–Trinajstić information content (AvgIpc) is 2.54. The van der Waals surface area contributed by atoms with Crippen LogP contribution in [0.25, 0.3) is 0 Å². The fourth-order valence-electron chi connectivity index (χ4n) is 2.56. The maximum absolute atomic E-state index is 13.5. The minimum Gasteiger partial charge on any atom is -0.386 e. The van der Waals surface area contributed by atoms with E-state index in [4.69, 9.17) is 4.74 Å². The van der Waals surface area contributed by atoms with Crippen LogP contribution < -0.4 is 10.6 Å². The number of rotatable bonds is 6. The van der Waals surface area contributed by atoms with Crippen LogP contribution in [0.5, 0.6) is 0 Å². The maximum atomic E-state index is 13.5. The molecule has 1 saturated heterocycles. The summed E-state index contributed by atoms with van der Waals surface area (Å²) in [6.07, 6.45) is 2.66. The molecule has 2 amide bonds. The smallest absolute Gasteiger partial charge is 0.314 e. The van der Waals surface area contributed by atoms with Crippen LogP contribution in [0.4, 0.5) is 13.6 Å². The number of carbonyl (C=O) groups excluding carboxylic acids is 1. The van der Waals surface area contributed by atoms with Crippen LogP contribution in [0.1, 0.15) is 37.4 Å². The van der Waals surface area contributed by atoms with Gasteiger partial charge in [0.15, 0.2) is 0 Å². The molecule has 2 unspecified atom stereocenters. The summed E-state index contributed by atoms with van der Waals surface area (Å²) in [5, 5.41) is 14.9. The number of amides is 2. The van der Waals surface area contributed by atoms with E-state index in [0.717, 1.165) is 44.4 Å². The molecule has 1 aromatic carbocycles. The Kier molecular flexibility index (Phi) is 6.73. The highest BCUT2D eigenvalue weighted by atomic mass is 19.1. The Balaban J connectivity index is 1.69. The summed E-state index contributed by atoms with van der Waals surface area (Å²) in [4.78, 5) is 11.6. The number of benzene rings is 1. The molecule has 1 aromatic rings. The van der Waals surface area contributed by atoms with Gasteiger partial charge >= 0.3 is 6.03 Å². The molecule has 7 heteroatoms. The molecule has 3 N–H and O–H groups in total.